The standard InChI is InChI=1S/C14H17ClN2O2/c15-10-2-1-9-5-14(19)17(13(9)6-10)8-12(18)7-16-11-3-4-11/h1-2,6,11-12,16,18H,3-5,7-8H2. The molecule has 1 aliphatic heterocycles. The minimum absolute atomic E-state index is 0.0303. The molecule has 1 aromatic rings. The molecule has 1 amide bonds. The molecule has 0 bridgehead atoms. The number of nitrogens with one attached hydrogen (secondary N) is 1. The summed E-state index contributed by atoms with van der Waals surface area (Å²) in [7, 11) is 0. The monoisotopic (exact) mass is 280 g/mol. The Kier molecular flexibility index (Phi) is 3.48. The van der Waals surface area contributed by atoms with Crippen molar-refractivity contribution < 1.29 is 9.90 Å². The highest BCUT2D eigenvalue weighted by Crippen LogP contribution is 2.31. The molecule has 2 N–H and O–H groups in total. The lowest BCUT2D eigenvalue weighted by atomic mass is 10.2. The van der Waals surface area contributed by atoms with E-state index in [9.17, 15) is 9.90 Å². The van der Waals surface area contributed by atoms with Gasteiger partial charge in [-0.15, -0.1) is 0 Å². The Morgan fingerprint density at radius 2 is 2.26 bits per heavy atom. The maximum atomic E-state index is 12.0. The molecule has 4 nitrogen and oxygen atoms in total. The van der Waals surface area contributed by atoms with Crippen LogP contribution in [0.2, 0.25) is 5.02 Å². The Morgan fingerprint density at radius 1 is 1.47 bits per heavy atom. The van der Waals surface area contributed by atoms with E-state index in [4.69, 9.17) is 11.6 Å². The summed E-state index contributed by atoms with van der Waals surface area (Å²) in [6.07, 6.45) is 2.23. The fraction of sp³-hybridized carbons (Fsp3) is 0.500. The van der Waals surface area contributed by atoms with Crippen LogP contribution in [0.1, 0.15) is 18.4 Å². The van der Waals surface area contributed by atoms with Gasteiger partial charge in [-0.3, -0.25) is 4.79 Å². The third kappa shape index (κ3) is 2.91. The Labute approximate surface area is 117 Å². The van der Waals surface area contributed by atoms with Gasteiger partial charge in [0.05, 0.1) is 19.1 Å². The third-order valence-electron chi connectivity index (χ3n) is 3.59. The first kappa shape index (κ1) is 12.9. The van der Waals surface area contributed by atoms with E-state index in [0.717, 1.165) is 11.3 Å². The Balaban J connectivity index is 1.66. The topological polar surface area (TPSA) is 52.6 Å². The lowest BCUT2D eigenvalue weighted by Gasteiger charge is -2.21. The fourth-order valence-corrected chi connectivity index (χ4v) is 2.56. The molecule has 0 radical (unpaired) electrons. The van der Waals surface area contributed by atoms with E-state index in [2.05, 4.69) is 5.32 Å². The Morgan fingerprint density at radius 3 is 3.00 bits per heavy atom. The molecular formula is C14H17ClN2O2. The Bertz CT molecular complexity index is 502. The van der Waals surface area contributed by atoms with E-state index in [1.807, 2.05) is 6.07 Å². The Hall–Kier alpha value is -1.10. The van der Waals surface area contributed by atoms with Crippen LogP contribution in [-0.4, -0.2) is 36.2 Å². The number of halogens is 1. The van der Waals surface area contributed by atoms with Gasteiger partial charge < -0.3 is 15.3 Å². The lowest BCUT2D eigenvalue weighted by Crippen LogP contribution is -2.40. The highest BCUT2D eigenvalue weighted by Gasteiger charge is 2.29. The summed E-state index contributed by atoms with van der Waals surface area (Å²) < 4.78 is 0. The molecule has 5 heteroatoms. The van der Waals surface area contributed by atoms with Gasteiger partial charge in [0, 0.05) is 23.3 Å². The van der Waals surface area contributed by atoms with Crippen molar-refractivity contribution in [3.8, 4) is 0 Å². The number of amides is 1. The van der Waals surface area contributed by atoms with Crippen molar-refractivity contribution >= 4 is 23.2 Å². The smallest absolute Gasteiger partial charge is 0.231 e. The van der Waals surface area contributed by atoms with Gasteiger partial charge in [0.25, 0.3) is 0 Å². The summed E-state index contributed by atoms with van der Waals surface area (Å²) in [5.41, 5.74) is 1.82. The number of aliphatic hydroxyl groups excluding tert-OH is 1. The summed E-state index contributed by atoms with van der Waals surface area (Å²) in [6.45, 7) is 0.857. The molecule has 1 aromatic carbocycles. The van der Waals surface area contributed by atoms with Gasteiger partial charge in [-0.1, -0.05) is 17.7 Å². The maximum absolute atomic E-state index is 12.0. The quantitative estimate of drug-likeness (QED) is 0.856. The number of hydrogen-bond donors (Lipinski definition) is 2. The van der Waals surface area contributed by atoms with Crippen molar-refractivity contribution in [2.75, 3.05) is 18.0 Å². The van der Waals surface area contributed by atoms with E-state index in [-0.39, 0.29) is 5.91 Å². The van der Waals surface area contributed by atoms with Crippen molar-refractivity contribution in [1.29, 1.82) is 0 Å². The van der Waals surface area contributed by atoms with Gasteiger partial charge in [-0.2, -0.15) is 0 Å². The molecular weight excluding hydrogens is 264 g/mol. The minimum Gasteiger partial charge on any atom is -0.390 e. The van der Waals surface area contributed by atoms with Gasteiger partial charge in [-0.25, -0.2) is 0 Å². The van der Waals surface area contributed by atoms with Crippen molar-refractivity contribution in [3.05, 3.63) is 28.8 Å². The van der Waals surface area contributed by atoms with Crippen LogP contribution in [-0.2, 0) is 11.2 Å². The van der Waals surface area contributed by atoms with Gasteiger partial charge in [0.2, 0.25) is 5.91 Å². The van der Waals surface area contributed by atoms with Crippen LogP contribution in [0, 0.1) is 0 Å². The molecule has 2 aliphatic rings. The molecule has 19 heavy (non-hydrogen) atoms. The van der Waals surface area contributed by atoms with Crippen LogP contribution >= 0.6 is 11.6 Å². The van der Waals surface area contributed by atoms with E-state index in [1.54, 1.807) is 17.0 Å². The van der Waals surface area contributed by atoms with Crippen molar-refractivity contribution in [2.24, 2.45) is 0 Å². The van der Waals surface area contributed by atoms with Gasteiger partial charge in [0.15, 0.2) is 0 Å². The summed E-state index contributed by atoms with van der Waals surface area (Å²) in [6, 6.07) is 6.03. The molecule has 0 saturated heterocycles. The lowest BCUT2D eigenvalue weighted by molar-refractivity contribution is -0.117. The number of β-amino-alcohol motifs (C(OH)–C–C–N with tert-alkyl or cyclic N) is 1. The molecule has 1 saturated carbocycles. The van der Waals surface area contributed by atoms with Crippen molar-refractivity contribution in [2.45, 2.75) is 31.4 Å². The van der Waals surface area contributed by atoms with Crippen LogP contribution in [0.25, 0.3) is 0 Å². The summed E-state index contributed by atoms with van der Waals surface area (Å²) in [4.78, 5) is 13.6. The predicted octanol–water partition coefficient (Wildman–Crippen LogP) is 1.34. The largest absolute Gasteiger partial charge is 0.390 e. The number of carbonyl (C=O) groups is 1. The molecule has 1 atom stereocenters. The maximum Gasteiger partial charge on any atom is 0.231 e. The zero-order valence-electron chi connectivity index (χ0n) is 10.6. The summed E-state index contributed by atoms with van der Waals surface area (Å²) in [5, 5.41) is 13.9. The van der Waals surface area contributed by atoms with Gasteiger partial charge in [0.1, 0.15) is 0 Å². The molecule has 0 spiro atoms. The second-order valence-electron chi connectivity index (χ2n) is 5.29. The predicted molar refractivity (Wildman–Crippen MR) is 74.5 cm³/mol. The minimum atomic E-state index is -0.547. The van der Waals surface area contributed by atoms with E-state index in [1.165, 1.54) is 12.8 Å². The zero-order valence-corrected chi connectivity index (χ0v) is 11.4. The average Bonchev–Trinajstić information content (AvgIpc) is 3.15. The highest BCUT2D eigenvalue weighted by atomic mass is 35.5. The number of aliphatic hydroxyl groups is 1. The third-order valence-corrected chi connectivity index (χ3v) is 3.83. The molecule has 1 aliphatic carbocycles. The fourth-order valence-electron chi connectivity index (χ4n) is 2.40. The van der Waals surface area contributed by atoms with Gasteiger partial charge >= 0.3 is 0 Å². The van der Waals surface area contributed by atoms with Crippen LogP contribution in [0.4, 0.5) is 5.69 Å². The molecule has 102 valence electrons. The number of rotatable bonds is 5. The number of nitrogens with zero attached hydrogens (tertiary/aromatic N) is 1. The van der Waals surface area contributed by atoms with Gasteiger partial charge in [-0.05, 0) is 30.5 Å². The van der Waals surface area contributed by atoms with E-state index < -0.39 is 6.10 Å². The van der Waals surface area contributed by atoms with Crippen molar-refractivity contribution in [3.63, 3.8) is 0 Å². The van der Waals surface area contributed by atoms with E-state index >= 15 is 0 Å². The molecule has 1 heterocycles. The number of benzene rings is 1. The number of fused-ring (bicyclic) bond motifs is 1. The van der Waals surface area contributed by atoms with E-state index in [0.29, 0.717) is 30.6 Å². The molecule has 1 fully saturated rings. The second-order valence-corrected chi connectivity index (χ2v) is 5.73. The molecule has 0 aromatic heterocycles. The van der Waals surface area contributed by atoms with Crippen LogP contribution in [0.3, 0.4) is 0 Å². The summed E-state index contributed by atoms with van der Waals surface area (Å²) in [5.74, 6) is 0.0303. The highest BCUT2D eigenvalue weighted by molar-refractivity contribution is 6.31. The van der Waals surface area contributed by atoms with Crippen molar-refractivity contribution in [1.82, 2.24) is 5.32 Å². The molecule has 3 rings (SSSR count). The number of hydrogen-bond acceptors (Lipinski definition) is 3. The average molecular weight is 281 g/mol. The molecule has 1 unspecified atom stereocenters. The second kappa shape index (κ2) is 5.12. The number of carbonyl (C=O) groups excluding carboxylic acids is 1. The van der Waals surface area contributed by atoms with Crippen LogP contribution < -0.4 is 10.2 Å². The van der Waals surface area contributed by atoms with Crippen LogP contribution in [0.15, 0.2) is 18.2 Å². The first-order valence-electron chi connectivity index (χ1n) is 6.64. The first-order chi connectivity index (χ1) is 9.13. The normalized spacial score (nSPS) is 19.7. The first-order valence-corrected chi connectivity index (χ1v) is 7.01. The summed E-state index contributed by atoms with van der Waals surface area (Å²) >= 11 is 5.97. The van der Waals surface area contributed by atoms with Crippen LogP contribution in [0.5, 0.6) is 0 Å². The number of anilines is 1. The zero-order chi connectivity index (χ0) is 13.4. The SMILES string of the molecule is O=C1Cc2ccc(Cl)cc2N1CC(O)CNC1CC1.